The van der Waals surface area contributed by atoms with E-state index in [0.717, 1.165) is 28.9 Å². The highest BCUT2D eigenvalue weighted by atomic mass is 35.5. The second-order valence-electron chi connectivity index (χ2n) is 6.61. The first kappa shape index (κ1) is 16.8. The van der Waals surface area contributed by atoms with Gasteiger partial charge in [-0.3, -0.25) is 19.3 Å². The molecule has 0 spiro atoms. The molecule has 1 aliphatic heterocycles. The number of amides is 3. The Labute approximate surface area is 155 Å². The lowest BCUT2D eigenvalue weighted by atomic mass is 10.1. The predicted molar refractivity (Wildman–Crippen MR) is 97.1 cm³/mol. The van der Waals surface area contributed by atoms with E-state index in [-0.39, 0.29) is 11.9 Å². The largest absolute Gasteiger partial charge is 0.347 e. The third kappa shape index (κ3) is 2.51. The van der Waals surface area contributed by atoms with Crippen LogP contribution in [0.2, 0.25) is 5.02 Å². The van der Waals surface area contributed by atoms with Gasteiger partial charge < -0.3 is 5.32 Å². The van der Waals surface area contributed by atoms with Crippen LogP contribution in [0.1, 0.15) is 51.2 Å². The van der Waals surface area contributed by atoms with Crippen LogP contribution in [0.15, 0.2) is 42.5 Å². The first-order valence-corrected chi connectivity index (χ1v) is 8.91. The van der Waals surface area contributed by atoms with Crippen molar-refractivity contribution in [1.82, 2.24) is 10.2 Å². The van der Waals surface area contributed by atoms with Gasteiger partial charge in [0.1, 0.15) is 6.04 Å². The van der Waals surface area contributed by atoms with E-state index < -0.39 is 17.9 Å². The fourth-order valence-electron chi connectivity index (χ4n) is 3.73. The van der Waals surface area contributed by atoms with Crippen LogP contribution >= 0.6 is 11.6 Å². The van der Waals surface area contributed by atoms with E-state index in [4.69, 9.17) is 11.6 Å². The Balaban J connectivity index is 1.53. The zero-order chi connectivity index (χ0) is 18.4. The van der Waals surface area contributed by atoms with Gasteiger partial charge in [-0.1, -0.05) is 35.9 Å². The number of carbonyl (C=O) groups is 3. The highest BCUT2D eigenvalue weighted by Gasteiger charge is 2.41. The number of carbonyl (C=O) groups excluding carboxylic acids is 3. The molecule has 132 valence electrons. The van der Waals surface area contributed by atoms with E-state index >= 15 is 0 Å². The summed E-state index contributed by atoms with van der Waals surface area (Å²) in [5.41, 5.74) is 2.73. The highest BCUT2D eigenvalue weighted by Crippen LogP contribution is 2.35. The van der Waals surface area contributed by atoms with Crippen LogP contribution in [0.5, 0.6) is 0 Å². The Hall–Kier alpha value is -2.66. The van der Waals surface area contributed by atoms with Crippen molar-refractivity contribution in [2.75, 3.05) is 0 Å². The first-order chi connectivity index (χ1) is 12.5. The number of hydrogen-bond acceptors (Lipinski definition) is 3. The molecule has 0 bridgehead atoms. The summed E-state index contributed by atoms with van der Waals surface area (Å²) < 4.78 is 0. The summed E-state index contributed by atoms with van der Waals surface area (Å²) in [5.74, 6) is -1.21. The summed E-state index contributed by atoms with van der Waals surface area (Å²) in [4.78, 5) is 38.9. The van der Waals surface area contributed by atoms with Gasteiger partial charge in [-0.25, -0.2) is 0 Å². The average molecular weight is 369 g/mol. The van der Waals surface area contributed by atoms with Gasteiger partial charge >= 0.3 is 0 Å². The molecule has 5 nitrogen and oxygen atoms in total. The zero-order valence-corrected chi connectivity index (χ0v) is 14.9. The minimum atomic E-state index is -0.884. The van der Waals surface area contributed by atoms with Gasteiger partial charge in [0.05, 0.1) is 17.2 Å². The Kier molecular flexibility index (Phi) is 4.04. The SMILES string of the molecule is C[C@H](C(=O)N[C@@H]1CCc2c(Cl)cccc21)N1C(=O)c2ccccc2C1=O. The van der Waals surface area contributed by atoms with Crippen molar-refractivity contribution >= 4 is 29.3 Å². The van der Waals surface area contributed by atoms with Gasteiger partial charge in [0, 0.05) is 5.02 Å². The van der Waals surface area contributed by atoms with Crippen LogP contribution in [0.4, 0.5) is 0 Å². The van der Waals surface area contributed by atoms with E-state index in [0.29, 0.717) is 16.1 Å². The van der Waals surface area contributed by atoms with Gasteiger partial charge in [0.15, 0.2) is 0 Å². The number of halogens is 1. The maximum Gasteiger partial charge on any atom is 0.262 e. The molecule has 26 heavy (non-hydrogen) atoms. The fraction of sp³-hybridized carbons (Fsp3) is 0.250. The maximum atomic E-state index is 12.7. The van der Waals surface area contributed by atoms with Crippen molar-refractivity contribution in [2.45, 2.75) is 31.8 Å². The molecule has 6 heteroatoms. The highest BCUT2D eigenvalue weighted by molar-refractivity contribution is 6.31. The smallest absolute Gasteiger partial charge is 0.262 e. The number of rotatable bonds is 3. The molecule has 1 N–H and O–H groups in total. The number of nitrogens with one attached hydrogen (secondary N) is 1. The quantitative estimate of drug-likeness (QED) is 0.846. The van der Waals surface area contributed by atoms with Crippen molar-refractivity contribution in [2.24, 2.45) is 0 Å². The molecule has 2 atom stereocenters. The molecule has 0 saturated carbocycles. The molecule has 0 radical (unpaired) electrons. The molecule has 3 amide bonds. The molecule has 2 aliphatic rings. The standard InChI is InChI=1S/C20H17ClN2O3/c1-11(23-19(25)14-5-2-3-6-15(14)20(23)26)18(24)22-17-10-9-12-13(17)7-4-8-16(12)21/h2-8,11,17H,9-10H2,1H3,(H,22,24)/t11-,17-/m1/s1. The normalized spacial score (nSPS) is 19.3. The lowest BCUT2D eigenvalue weighted by Gasteiger charge is -2.24. The maximum absolute atomic E-state index is 12.7. The van der Waals surface area contributed by atoms with E-state index in [9.17, 15) is 14.4 Å². The summed E-state index contributed by atoms with van der Waals surface area (Å²) in [6, 6.07) is 11.2. The predicted octanol–water partition coefficient (Wildman–Crippen LogP) is 3.13. The second kappa shape index (κ2) is 6.25. The van der Waals surface area contributed by atoms with Gasteiger partial charge in [-0.2, -0.15) is 0 Å². The van der Waals surface area contributed by atoms with Gasteiger partial charge in [0.2, 0.25) is 5.91 Å². The lowest BCUT2D eigenvalue weighted by Crippen LogP contribution is -2.48. The Morgan fingerprint density at radius 3 is 2.42 bits per heavy atom. The summed E-state index contributed by atoms with van der Waals surface area (Å²) in [5, 5.41) is 3.66. The third-order valence-corrected chi connectivity index (χ3v) is 5.48. The zero-order valence-electron chi connectivity index (χ0n) is 14.2. The van der Waals surface area contributed by atoms with Crippen molar-refractivity contribution in [3.63, 3.8) is 0 Å². The molecule has 1 heterocycles. The molecule has 0 saturated heterocycles. The lowest BCUT2D eigenvalue weighted by molar-refractivity contribution is -0.125. The molecule has 2 aromatic carbocycles. The van der Waals surface area contributed by atoms with Gasteiger partial charge in [-0.05, 0) is 49.1 Å². The molecule has 0 fully saturated rings. The van der Waals surface area contributed by atoms with Crippen molar-refractivity contribution in [3.8, 4) is 0 Å². The first-order valence-electron chi connectivity index (χ1n) is 8.53. The number of nitrogens with zero attached hydrogens (tertiary/aromatic N) is 1. The van der Waals surface area contributed by atoms with Crippen LogP contribution in [0.3, 0.4) is 0 Å². The number of imide groups is 1. The van der Waals surface area contributed by atoms with Crippen LogP contribution in [0, 0.1) is 0 Å². The van der Waals surface area contributed by atoms with Crippen LogP contribution in [-0.2, 0) is 11.2 Å². The Bertz CT molecular complexity index is 905. The number of fused-ring (bicyclic) bond motifs is 2. The van der Waals surface area contributed by atoms with Crippen LogP contribution in [0.25, 0.3) is 0 Å². The third-order valence-electron chi connectivity index (χ3n) is 5.12. The molecular formula is C20H17ClN2O3. The minimum Gasteiger partial charge on any atom is -0.347 e. The molecule has 0 aromatic heterocycles. The molecule has 4 rings (SSSR count). The average Bonchev–Trinajstić information content (AvgIpc) is 3.16. The van der Waals surface area contributed by atoms with Gasteiger partial charge in [-0.15, -0.1) is 0 Å². The van der Waals surface area contributed by atoms with Crippen molar-refractivity contribution in [3.05, 3.63) is 69.7 Å². The number of benzene rings is 2. The Morgan fingerprint density at radius 1 is 1.12 bits per heavy atom. The molecule has 0 unspecified atom stereocenters. The topological polar surface area (TPSA) is 66.5 Å². The van der Waals surface area contributed by atoms with Gasteiger partial charge in [0.25, 0.3) is 11.8 Å². The van der Waals surface area contributed by atoms with E-state index in [2.05, 4.69) is 5.32 Å². The van der Waals surface area contributed by atoms with E-state index in [1.165, 1.54) is 0 Å². The molecule has 1 aliphatic carbocycles. The Morgan fingerprint density at radius 2 is 1.77 bits per heavy atom. The van der Waals surface area contributed by atoms with E-state index in [1.807, 2.05) is 18.2 Å². The summed E-state index contributed by atoms with van der Waals surface area (Å²) in [6.45, 7) is 1.57. The molecular weight excluding hydrogens is 352 g/mol. The summed E-state index contributed by atoms with van der Waals surface area (Å²) in [7, 11) is 0. The second-order valence-corrected chi connectivity index (χ2v) is 7.02. The number of hydrogen-bond donors (Lipinski definition) is 1. The minimum absolute atomic E-state index is 0.158. The fourth-order valence-corrected chi connectivity index (χ4v) is 4.01. The van der Waals surface area contributed by atoms with Crippen LogP contribution in [-0.4, -0.2) is 28.7 Å². The van der Waals surface area contributed by atoms with Crippen molar-refractivity contribution in [1.29, 1.82) is 0 Å². The molecule has 2 aromatic rings. The van der Waals surface area contributed by atoms with Crippen molar-refractivity contribution < 1.29 is 14.4 Å². The monoisotopic (exact) mass is 368 g/mol. The summed E-state index contributed by atoms with van der Waals surface area (Å²) in [6.07, 6.45) is 1.54. The van der Waals surface area contributed by atoms with E-state index in [1.54, 1.807) is 31.2 Å². The summed E-state index contributed by atoms with van der Waals surface area (Å²) >= 11 is 6.22. The van der Waals surface area contributed by atoms with Crippen LogP contribution < -0.4 is 5.32 Å².